The normalized spacial score (nSPS) is 16.4. The lowest BCUT2D eigenvalue weighted by molar-refractivity contribution is -0.145. The van der Waals surface area contributed by atoms with Gasteiger partial charge in [0.15, 0.2) is 0 Å². The van der Waals surface area contributed by atoms with Crippen LogP contribution < -0.4 is 0 Å². The van der Waals surface area contributed by atoms with Gasteiger partial charge < -0.3 is 9.84 Å². The standard InChI is InChI=1S/C16H19NO3/c18-16(19)13-20-15-8-11-17(12-9-15)10-4-7-14-5-2-1-3-6-14/h1-3,5-6,15H,8-13H2,(H,18,19). The Labute approximate surface area is 119 Å². The van der Waals surface area contributed by atoms with Crippen molar-refractivity contribution in [2.24, 2.45) is 0 Å². The maximum absolute atomic E-state index is 10.4. The third-order valence-electron chi connectivity index (χ3n) is 3.29. The fourth-order valence-electron chi connectivity index (χ4n) is 2.20. The lowest BCUT2D eigenvalue weighted by Gasteiger charge is -2.30. The fraction of sp³-hybridized carbons (Fsp3) is 0.438. The van der Waals surface area contributed by atoms with E-state index in [1.165, 1.54) is 0 Å². The third kappa shape index (κ3) is 5.04. The molecule has 1 aromatic carbocycles. The van der Waals surface area contributed by atoms with Gasteiger partial charge in [-0.1, -0.05) is 30.0 Å². The maximum atomic E-state index is 10.4. The van der Waals surface area contributed by atoms with Crippen molar-refractivity contribution in [2.75, 3.05) is 26.2 Å². The van der Waals surface area contributed by atoms with Crippen molar-refractivity contribution in [1.29, 1.82) is 0 Å². The molecule has 0 spiro atoms. The molecule has 1 heterocycles. The Hall–Kier alpha value is -1.83. The number of nitrogens with zero attached hydrogens (tertiary/aromatic N) is 1. The maximum Gasteiger partial charge on any atom is 0.329 e. The Balaban J connectivity index is 1.70. The zero-order valence-corrected chi connectivity index (χ0v) is 11.4. The molecule has 0 radical (unpaired) electrons. The molecule has 0 unspecified atom stereocenters. The van der Waals surface area contributed by atoms with Gasteiger partial charge in [-0.3, -0.25) is 4.90 Å². The zero-order chi connectivity index (χ0) is 14.2. The number of likely N-dealkylation sites (tertiary alicyclic amines) is 1. The molecule has 0 atom stereocenters. The molecule has 1 N–H and O–H groups in total. The van der Waals surface area contributed by atoms with E-state index in [0.717, 1.165) is 38.0 Å². The summed E-state index contributed by atoms with van der Waals surface area (Å²) in [4.78, 5) is 12.7. The molecule has 0 bridgehead atoms. The van der Waals surface area contributed by atoms with Crippen LogP contribution in [0, 0.1) is 11.8 Å². The van der Waals surface area contributed by atoms with Crippen molar-refractivity contribution < 1.29 is 14.6 Å². The highest BCUT2D eigenvalue weighted by Crippen LogP contribution is 2.13. The number of benzene rings is 1. The topological polar surface area (TPSA) is 49.8 Å². The van der Waals surface area contributed by atoms with Crippen molar-refractivity contribution in [1.82, 2.24) is 4.90 Å². The molecule has 106 valence electrons. The van der Waals surface area contributed by atoms with Crippen molar-refractivity contribution in [3.05, 3.63) is 35.9 Å². The summed E-state index contributed by atoms with van der Waals surface area (Å²) >= 11 is 0. The van der Waals surface area contributed by atoms with Gasteiger partial charge in [0.05, 0.1) is 12.6 Å². The molecule has 0 saturated carbocycles. The van der Waals surface area contributed by atoms with Gasteiger partial charge in [-0.2, -0.15) is 0 Å². The molecule has 1 aromatic rings. The van der Waals surface area contributed by atoms with Crippen LogP contribution in [0.1, 0.15) is 18.4 Å². The molecule has 2 rings (SSSR count). The first-order chi connectivity index (χ1) is 9.74. The Morgan fingerprint density at radius 2 is 2.00 bits per heavy atom. The van der Waals surface area contributed by atoms with E-state index in [0.29, 0.717) is 0 Å². The van der Waals surface area contributed by atoms with Gasteiger partial charge in [-0.05, 0) is 25.0 Å². The van der Waals surface area contributed by atoms with E-state index in [1.54, 1.807) is 0 Å². The smallest absolute Gasteiger partial charge is 0.329 e. The van der Waals surface area contributed by atoms with E-state index < -0.39 is 5.97 Å². The predicted octanol–water partition coefficient (Wildman–Crippen LogP) is 1.60. The van der Waals surface area contributed by atoms with Gasteiger partial charge in [0.25, 0.3) is 0 Å². The van der Waals surface area contributed by atoms with E-state index in [4.69, 9.17) is 9.84 Å². The van der Waals surface area contributed by atoms with E-state index in [-0.39, 0.29) is 12.7 Å². The van der Waals surface area contributed by atoms with E-state index in [9.17, 15) is 4.79 Å². The van der Waals surface area contributed by atoms with Crippen LogP contribution in [0.15, 0.2) is 30.3 Å². The van der Waals surface area contributed by atoms with Gasteiger partial charge in [-0.15, -0.1) is 0 Å². The van der Waals surface area contributed by atoms with Crippen LogP contribution in [0.2, 0.25) is 0 Å². The summed E-state index contributed by atoms with van der Waals surface area (Å²) in [6.45, 7) is 2.38. The second-order valence-corrected chi connectivity index (χ2v) is 4.85. The van der Waals surface area contributed by atoms with Crippen LogP contribution in [0.3, 0.4) is 0 Å². The number of hydrogen-bond donors (Lipinski definition) is 1. The first-order valence-corrected chi connectivity index (χ1v) is 6.84. The number of carboxylic acid groups (broad SMARTS) is 1. The minimum absolute atomic E-state index is 0.0735. The van der Waals surface area contributed by atoms with Crippen LogP contribution >= 0.6 is 0 Å². The lowest BCUT2D eigenvalue weighted by Crippen LogP contribution is -2.37. The monoisotopic (exact) mass is 273 g/mol. The Kier molecular flexibility index (Phi) is 5.60. The second-order valence-electron chi connectivity index (χ2n) is 4.85. The predicted molar refractivity (Wildman–Crippen MR) is 76.4 cm³/mol. The average Bonchev–Trinajstić information content (AvgIpc) is 2.47. The Morgan fingerprint density at radius 3 is 2.65 bits per heavy atom. The first-order valence-electron chi connectivity index (χ1n) is 6.84. The highest BCUT2D eigenvalue weighted by atomic mass is 16.5. The van der Waals surface area contributed by atoms with Crippen molar-refractivity contribution in [3.8, 4) is 11.8 Å². The number of carboxylic acids is 1. The molecule has 0 aliphatic carbocycles. The van der Waals surface area contributed by atoms with Crippen LogP contribution in [0.25, 0.3) is 0 Å². The molecule has 1 aliphatic heterocycles. The van der Waals surface area contributed by atoms with Crippen LogP contribution in [-0.4, -0.2) is 48.3 Å². The largest absolute Gasteiger partial charge is 0.480 e. The molecular formula is C16H19NO3. The second kappa shape index (κ2) is 7.68. The van der Waals surface area contributed by atoms with E-state index in [1.807, 2.05) is 30.3 Å². The molecule has 20 heavy (non-hydrogen) atoms. The average molecular weight is 273 g/mol. The summed E-state index contributed by atoms with van der Waals surface area (Å²) in [5, 5.41) is 8.57. The summed E-state index contributed by atoms with van der Waals surface area (Å²) in [5.41, 5.74) is 1.03. The highest BCUT2D eigenvalue weighted by molar-refractivity contribution is 5.68. The third-order valence-corrected chi connectivity index (χ3v) is 3.29. The molecule has 0 aromatic heterocycles. The van der Waals surface area contributed by atoms with Gasteiger partial charge in [0, 0.05) is 18.7 Å². The lowest BCUT2D eigenvalue weighted by atomic mass is 10.1. The molecule has 1 aliphatic rings. The summed E-state index contributed by atoms with van der Waals surface area (Å²) in [6, 6.07) is 9.94. The number of carbonyl (C=O) groups is 1. The molecule has 0 amide bonds. The zero-order valence-electron chi connectivity index (χ0n) is 11.4. The Bertz CT molecular complexity index is 481. The quantitative estimate of drug-likeness (QED) is 0.847. The molecular weight excluding hydrogens is 254 g/mol. The first kappa shape index (κ1) is 14.6. The fourth-order valence-corrected chi connectivity index (χ4v) is 2.20. The summed E-state index contributed by atoms with van der Waals surface area (Å²) in [7, 11) is 0. The summed E-state index contributed by atoms with van der Waals surface area (Å²) in [5.74, 6) is 5.42. The van der Waals surface area contributed by atoms with E-state index >= 15 is 0 Å². The number of hydrogen-bond acceptors (Lipinski definition) is 3. The van der Waals surface area contributed by atoms with Gasteiger partial charge >= 0.3 is 5.97 Å². The van der Waals surface area contributed by atoms with Gasteiger partial charge in [0.1, 0.15) is 6.61 Å². The SMILES string of the molecule is O=C(O)COC1CCN(CC#Cc2ccccc2)CC1. The van der Waals surface area contributed by atoms with Crippen LogP contribution in [0.4, 0.5) is 0 Å². The molecule has 1 saturated heterocycles. The highest BCUT2D eigenvalue weighted by Gasteiger charge is 2.19. The number of piperidine rings is 1. The number of ether oxygens (including phenoxy) is 1. The molecule has 4 nitrogen and oxygen atoms in total. The minimum Gasteiger partial charge on any atom is -0.480 e. The van der Waals surface area contributed by atoms with Crippen LogP contribution in [0.5, 0.6) is 0 Å². The van der Waals surface area contributed by atoms with Gasteiger partial charge in [-0.25, -0.2) is 4.79 Å². The minimum atomic E-state index is -0.902. The summed E-state index contributed by atoms with van der Waals surface area (Å²) < 4.78 is 5.30. The number of rotatable bonds is 4. The van der Waals surface area contributed by atoms with E-state index in [2.05, 4.69) is 16.7 Å². The Morgan fingerprint density at radius 1 is 1.30 bits per heavy atom. The van der Waals surface area contributed by atoms with Gasteiger partial charge in [0.2, 0.25) is 0 Å². The summed E-state index contributed by atoms with van der Waals surface area (Å²) in [6.07, 6.45) is 1.82. The molecule has 4 heteroatoms. The van der Waals surface area contributed by atoms with Crippen molar-refractivity contribution in [3.63, 3.8) is 0 Å². The molecule has 1 fully saturated rings. The van der Waals surface area contributed by atoms with Crippen molar-refractivity contribution >= 4 is 5.97 Å². The van der Waals surface area contributed by atoms with Crippen molar-refractivity contribution in [2.45, 2.75) is 18.9 Å². The number of aliphatic carboxylic acids is 1. The van der Waals surface area contributed by atoms with Crippen LogP contribution in [-0.2, 0) is 9.53 Å².